The summed E-state index contributed by atoms with van der Waals surface area (Å²) in [6.07, 6.45) is 2.28. The van der Waals surface area contributed by atoms with Crippen LogP contribution in [0.25, 0.3) is 0 Å². The zero-order valence-electron chi connectivity index (χ0n) is 12.1. The highest BCUT2D eigenvalue weighted by Crippen LogP contribution is 2.35. The second-order valence-corrected chi connectivity index (χ2v) is 5.12. The van der Waals surface area contributed by atoms with Crippen molar-refractivity contribution >= 4 is 11.9 Å². The van der Waals surface area contributed by atoms with Gasteiger partial charge in [-0.1, -0.05) is 0 Å². The number of carbonyl (C=O) groups excluding carboxylic acids is 1. The molecule has 108 valence electrons. The number of nitrogens with zero attached hydrogens (tertiary/aromatic N) is 1. The number of ether oxygens (including phenoxy) is 1. The first kappa shape index (κ1) is 15.7. The lowest BCUT2D eigenvalue weighted by Crippen LogP contribution is -2.42. The molecule has 0 heterocycles. The molecule has 19 heavy (non-hydrogen) atoms. The Morgan fingerprint density at radius 1 is 1.32 bits per heavy atom. The highest BCUT2D eigenvalue weighted by atomic mass is 16.5. The highest BCUT2D eigenvalue weighted by molar-refractivity contribution is 6.01. The molecule has 1 unspecified atom stereocenters. The van der Waals surface area contributed by atoms with Gasteiger partial charge in [-0.05, 0) is 39.5 Å². The Balaban J connectivity index is 2.86. The van der Waals surface area contributed by atoms with Crippen LogP contribution in [0.5, 0.6) is 0 Å². The first-order chi connectivity index (χ1) is 8.90. The molecule has 0 aromatic heterocycles. The number of carboxylic acids is 1. The van der Waals surface area contributed by atoms with Crippen LogP contribution < -0.4 is 0 Å². The number of aliphatic carboxylic acids is 1. The van der Waals surface area contributed by atoms with Crippen molar-refractivity contribution < 1.29 is 19.4 Å². The standard InChI is InChI=1S/C14H23NO4/c1-9(10(2)14(17)18)13(16)15(7-8-19-4)11(3)12-5-6-12/h11-12H,5-8H2,1-4H3,(H,17,18). The number of hydrogen-bond donors (Lipinski definition) is 1. The number of amides is 1. The Kier molecular flexibility index (Phi) is 5.54. The molecular weight excluding hydrogens is 246 g/mol. The van der Waals surface area contributed by atoms with Gasteiger partial charge >= 0.3 is 5.97 Å². The first-order valence-corrected chi connectivity index (χ1v) is 6.60. The van der Waals surface area contributed by atoms with Crippen molar-refractivity contribution in [3.63, 3.8) is 0 Å². The largest absolute Gasteiger partial charge is 0.478 e. The summed E-state index contributed by atoms with van der Waals surface area (Å²) in [4.78, 5) is 25.1. The number of carboxylic acid groups (broad SMARTS) is 1. The van der Waals surface area contributed by atoms with Crippen LogP contribution in [0.3, 0.4) is 0 Å². The van der Waals surface area contributed by atoms with E-state index in [4.69, 9.17) is 9.84 Å². The summed E-state index contributed by atoms with van der Waals surface area (Å²) in [6.45, 7) is 6.02. The van der Waals surface area contributed by atoms with Crippen molar-refractivity contribution in [3.8, 4) is 0 Å². The van der Waals surface area contributed by atoms with E-state index in [0.717, 1.165) is 12.8 Å². The number of carbonyl (C=O) groups is 2. The van der Waals surface area contributed by atoms with Crippen LogP contribution >= 0.6 is 0 Å². The molecule has 0 spiro atoms. The molecule has 0 radical (unpaired) electrons. The van der Waals surface area contributed by atoms with E-state index in [0.29, 0.717) is 24.6 Å². The SMILES string of the molecule is COCCN(C(=O)C(C)=C(C)C(=O)O)C(C)C1CC1. The molecular formula is C14H23NO4. The molecule has 0 saturated heterocycles. The van der Waals surface area contributed by atoms with Crippen LogP contribution in [0.1, 0.15) is 33.6 Å². The maximum Gasteiger partial charge on any atom is 0.331 e. The summed E-state index contributed by atoms with van der Waals surface area (Å²) < 4.78 is 5.03. The maximum absolute atomic E-state index is 12.4. The number of hydrogen-bond acceptors (Lipinski definition) is 3. The van der Waals surface area contributed by atoms with E-state index in [1.807, 2.05) is 6.92 Å². The van der Waals surface area contributed by atoms with Crippen molar-refractivity contribution in [1.29, 1.82) is 0 Å². The summed E-state index contributed by atoms with van der Waals surface area (Å²) in [5.41, 5.74) is 0.409. The summed E-state index contributed by atoms with van der Waals surface area (Å²) in [6, 6.07) is 0.138. The summed E-state index contributed by atoms with van der Waals surface area (Å²) in [7, 11) is 1.59. The van der Waals surface area contributed by atoms with E-state index in [2.05, 4.69) is 0 Å². The molecule has 0 bridgehead atoms. The summed E-state index contributed by atoms with van der Waals surface area (Å²) in [5, 5.41) is 8.97. The van der Waals surface area contributed by atoms with E-state index in [1.54, 1.807) is 18.9 Å². The van der Waals surface area contributed by atoms with Gasteiger partial charge in [0.2, 0.25) is 5.91 Å². The third-order valence-electron chi connectivity index (χ3n) is 3.80. The Morgan fingerprint density at radius 2 is 1.89 bits per heavy atom. The molecule has 5 heteroatoms. The molecule has 1 atom stereocenters. The van der Waals surface area contributed by atoms with Crippen molar-refractivity contribution in [3.05, 3.63) is 11.1 Å². The quantitative estimate of drug-likeness (QED) is 0.714. The average molecular weight is 269 g/mol. The normalized spacial score (nSPS) is 17.7. The minimum absolute atomic E-state index is 0.107. The summed E-state index contributed by atoms with van der Waals surface area (Å²) >= 11 is 0. The van der Waals surface area contributed by atoms with Crippen molar-refractivity contribution in [1.82, 2.24) is 4.90 Å². The molecule has 0 aromatic rings. The molecule has 1 amide bonds. The van der Waals surface area contributed by atoms with Gasteiger partial charge in [0.05, 0.1) is 6.61 Å². The predicted molar refractivity (Wildman–Crippen MR) is 71.8 cm³/mol. The lowest BCUT2D eigenvalue weighted by Gasteiger charge is -2.30. The Hall–Kier alpha value is -1.36. The van der Waals surface area contributed by atoms with Crippen molar-refractivity contribution in [2.45, 2.75) is 39.7 Å². The van der Waals surface area contributed by atoms with Crippen LogP contribution in [0.2, 0.25) is 0 Å². The van der Waals surface area contributed by atoms with Gasteiger partial charge < -0.3 is 14.7 Å². The van der Waals surface area contributed by atoms with Crippen LogP contribution in [-0.2, 0) is 14.3 Å². The Labute approximate surface area is 114 Å². The summed E-state index contributed by atoms with van der Waals surface area (Å²) in [5.74, 6) is -0.702. The zero-order valence-corrected chi connectivity index (χ0v) is 12.1. The molecule has 1 aliphatic rings. The van der Waals surface area contributed by atoms with Crippen LogP contribution in [-0.4, -0.2) is 48.2 Å². The Morgan fingerprint density at radius 3 is 2.32 bits per heavy atom. The molecule has 1 fully saturated rings. The second-order valence-electron chi connectivity index (χ2n) is 5.12. The molecule has 0 aromatic carbocycles. The van der Waals surface area contributed by atoms with Gasteiger partial charge in [-0.25, -0.2) is 4.79 Å². The smallest absolute Gasteiger partial charge is 0.331 e. The lowest BCUT2D eigenvalue weighted by atomic mass is 10.1. The van der Waals surface area contributed by atoms with Crippen molar-refractivity contribution in [2.24, 2.45) is 5.92 Å². The van der Waals surface area contributed by atoms with Gasteiger partial charge in [-0.3, -0.25) is 4.79 Å². The first-order valence-electron chi connectivity index (χ1n) is 6.60. The van der Waals surface area contributed by atoms with E-state index in [1.165, 1.54) is 6.92 Å². The van der Waals surface area contributed by atoms with Crippen LogP contribution in [0, 0.1) is 5.92 Å². The molecule has 0 aliphatic heterocycles. The van der Waals surface area contributed by atoms with Crippen molar-refractivity contribution in [2.75, 3.05) is 20.3 Å². The Bertz CT molecular complexity index is 385. The maximum atomic E-state index is 12.4. The van der Waals surface area contributed by atoms with Crippen LogP contribution in [0.4, 0.5) is 0 Å². The van der Waals surface area contributed by atoms with E-state index in [-0.39, 0.29) is 17.5 Å². The minimum Gasteiger partial charge on any atom is -0.478 e. The fraction of sp³-hybridized carbons (Fsp3) is 0.714. The molecule has 1 N–H and O–H groups in total. The minimum atomic E-state index is -1.04. The average Bonchev–Trinajstić information content (AvgIpc) is 3.20. The van der Waals surface area contributed by atoms with E-state index in [9.17, 15) is 9.59 Å². The highest BCUT2D eigenvalue weighted by Gasteiger charge is 2.34. The molecule has 1 saturated carbocycles. The number of rotatable bonds is 7. The van der Waals surface area contributed by atoms with Gasteiger partial charge in [0.25, 0.3) is 0 Å². The van der Waals surface area contributed by atoms with E-state index < -0.39 is 5.97 Å². The third kappa shape index (κ3) is 4.06. The fourth-order valence-electron chi connectivity index (χ4n) is 2.05. The van der Waals surface area contributed by atoms with Gasteiger partial charge in [0.1, 0.15) is 0 Å². The zero-order chi connectivity index (χ0) is 14.6. The fourth-order valence-corrected chi connectivity index (χ4v) is 2.05. The topological polar surface area (TPSA) is 66.8 Å². The lowest BCUT2D eigenvalue weighted by molar-refractivity contribution is -0.134. The third-order valence-corrected chi connectivity index (χ3v) is 3.80. The van der Waals surface area contributed by atoms with E-state index >= 15 is 0 Å². The van der Waals surface area contributed by atoms with Gasteiger partial charge in [-0.15, -0.1) is 0 Å². The molecule has 5 nitrogen and oxygen atoms in total. The molecule has 1 rings (SSSR count). The van der Waals surface area contributed by atoms with Crippen LogP contribution in [0.15, 0.2) is 11.1 Å². The number of methoxy groups -OCH3 is 1. The van der Waals surface area contributed by atoms with Gasteiger partial charge in [0, 0.05) is 30.8 Å². The second kappa shape index (κ2) is 6.70. The predicted octanol–water partition coefficient (Wildman–Crippen LogP) is 1.68. The monoisotopic (exact) mass is 269 g/mol. The van der Waals surface area contributed by atoms with Gasteiger partial charge in [-0.2, -0.15) is 0 Å². The molecule has 1 aliphatic carbocycles. The van der Waals surface area contributed by atoms with Gasteiger partial charge in [0.15, 0.2) is 0 Å².